The van der Waals surface area contributed by atoms with E-state index in [2.05, 4.69) is 0 Å². The Hall–Kier alpha value is -2.79. The molecule has 24 heavy (non-hydrogen) atoms. The summed E-state index contributed by atoms with van der Waals surface area (Å²) in [6, 6.07) is 11.5. The molecule has 0 bridgehead atoms. The van der Waals surface area contributed by atoms with Crippen LogP contribution in [0.25, 0.3) is 11.0 Å². The third-order valence-electron chi connectivity index (χ3n) is 4.08. The molecule has 1 aromatic heterocycles. The van der Waals surface area contributed by atoms with Crippen LogP contribution in [0, 0.1) is 0 Å². The maximum atomic E-state index is 12.6. The standard InChI is InChI=1S/C18H12ClNO4/c1-23-11-5-6-12-10(7-11)9-20(18(12)22)16-8-15(21)13-3-2-4-14(19)17(13)24-16/h2-8H,9H2,1H3. The fraction of sp³-hybridized carbons (Fsp3) is 0.111. The Balaban J connectivity index is 1.83. The van der Waals surface area contributed by atoms with Crippen molar-refractivity contribution in [2.75, 3.05) is 12.0 Å². The second-order valence-electron chi connectivity index (χ2n) is 5.48. The van der Waals surface area contributed by atoms with E-state index in [1.807, 2.05) is 0 Å². The third kappa shape index (κ3) is 2.17. The first-order valence-electron chi connectivity index (χ1n) is 7.29. The van der Waals surface area contributed by atoms with Gasteiger partial charge in [-0.25, -0.2) is 0 Å². The number of anilines is 1. The maximum Gasteiger partial charge on any atom is 0.261 e. The number of hydrogen-bond acceptors (Lipinski definition) is 4. The van der Waals surface area contributed by atoms with Crippen LogP contribution in [-0.4, -0.2) is 13.0 Å². The Morgan fingerprint density at radius 3 is 2.79 bits per heavy atom. The Labute approximate surface area is 142 Å². The van der Waals surface area contributed by atoms with Crippen LogP contribution < -0.4 is 15.1 Å². The first kappa shape index (κ1) is 14.8. The summed E-state index contributed by atoms with van der Waals surface area (Å²) in [5, 5.41) is 0.717. The highest BCUT2D eigenvalue weighted by Crippen LogP contribution is 2.32. The van der Waals surface area contributed by atoms with Crippen molar-refractivity contribution in [2.24, 2.45) is 0 Å². The Morgan fingerprint density at radius 2 is 2.00 bits per heavy atom. The Kier molecular flexibility index (Phi) is 3.32. The molecule has 0 unspecified atom stereocenters. The summed E-state index contributed by atoms with van der Waals surface area (Å²) in [6.45, 7) is 0.310. The van der Waals surface area contributed by atoms with Gasteiger partial charge in [-0.05, 0) is 35.9 Å². The molecule has 5 nitrogen and oxygen atoms in total. The molecule has 0 atom stereocenters. The molecule has 4 rings (SSSR count). The van der Waals surface area contributed by atoms with Crippen molar-refractivity contribution in [3.05, 3.63) is 68.8 Å². The van der Waals surface area contributed by atoms with Crippen LogP contribution >= 0.6 is 11.6 Å². The second kappa shape index (κ2) is 5.39. The molecule has 0 saturated heterocycles. The number of methoxy groups -OCH3 is 1. The van der Waals surface area contributed by atoms with Gasteiger partial charge in [0.15, 0.2) is 11.0 Å². The minimum Gasteiger partial charge on any atom is -0.497 e. The molecule has 0 spiro atoms. The number of nitrogens with zero attached hydrogens (tertiary/aromatic N) is 1. The SMILES string of the molecule is COc1ccc2c(c1)CN(c1cc(=O)c3cccc(Cl)c3o1)C2=O. The van der Waals surface area contributed by atoms with Crippen LogP contribution in [0.1, 0.15) is 15.9 Å². The van der Waals surface area contributed by atoms with E-state index in [0.717, 1.165) is 5.56 Å². The lowest BCUT2D eigenvalue weighted by atomic mass is 10.1. The quantitative estimate of drug-likeness (QED) is 0.714. The van der Waals surface area contributed by atoms with Gasteiger partial charge in [-0.1, -0.05) is 17.7 Å². The van der Waals surface area contributed by atoms with Crippen LogP contribution in [0.2, 0.25) is 5.02 Å². The van der Waals surface area contributed by atoms with E-state index < -0.39 is 0 Å². The number of hydrogen-bond donors (Lipinski definition) is 0. The minimum atomic E-state index is -0.241. The molecule has 1 aliphatic heterocycles. The van der Waals surface area contributed by atoms with Gasteiger partial charge in [-0.15, -0.1) is 0 Å². The average Bonchev–Trinajstić information content (AvgIpc) is 2.92. The number of para-hydroxylation sites is 1. The molecule has 2 aromatic carbocycles. The van der Waals surface area contributed by atoms with Gasteiger partial charge in [0.1, 0.15) is 5.75 Å². The van der Waals surface area contributed by atoms with Crippen molar-refractivity contribution in [3.8, 4) is 5.75 Å². The zero-order chi connectivity index (χ0) is 16.8. The van der Waals surface area contributed by atoms with E-state index in [0.29, 0.717) is 28.3 Å². The number of carbonyl (C=O) groups is 1. The lowest BCUT2D eigenvalue weighted by Gasteiger charge is -2.14. The smallest absolute Gasteiger partial charge is 0.261 e. The molecule has 2 heterocycles. The summed E-state index contributed by atoms with van der Waals surface area (Å²) in [5.41, 5.74) is 1.43. The van der Waals surface area contributed by atoms with E-state index in [4.69, 9.17) is 20.8 Å². The molecule has 1 amide bonds. The second-order valence-corrected chi connectivity index (χ2v) is 5.89. The van der Waals surface area contributed by atoms with Gasteiger partial charge in [0.25, 0.3) is 5.91 Å². The fourth-order valence-electron chi connectivity index (χ4n) is 2.87. The highest BCUT2D eigenvalue weighted by atomic mass is 35.5. The molecule has 1 aliphatic rings. The first-order valence-corrected chi connectivity index (χ1v) is 7.67. The third-order valence-corrected chi connectivity index (χ3v) is 4.37. The van der Waals surface area contributed by atoms with Crippen molar-refractivity contribution in [1.29, 1.82) is 0 Å². The molecule has 6 heteroatoms. The molecule has 0 aliphatic carbocycles. The van der Waals surface area contributed by atoms with Crippen LogP contribution in [0.5, 0.6) is 5.75 Å². The summed E-state index contributed by atoms with van der Waals surface area (Å²) >= 11 is 6.12. The van der Waals surface area contributed by atoms with Gasteiger partial charge in [0.2, 0.25) is 5.88 Å². The fourth-order valence-corrected chi connectivity index (χ4v) is 3.08. The summed E-state index contributed by atoms with van der Waals surface area (Å²) in [5.74, 6) is 0.634. The lowest BCUT2D eigenvalue weighted by Crippen LogP contribution is -2.24. The normalized spacial score (nSPS) is 13.4. The molecule has 0 saturated carbocycles. The number of ether oxygens (including phenoxy) is 1. The van der Waals surface area contributed by atoms with E-state index in [1.165, 1.54) is 11.0 Å². The predicted molar refractivity (Wildman–Crippen MR) is 91.0 cm³/mol. The maximum absolute atomic E-state index is 12.6. The van der Waals surface area contributed by atoms with Crippen LogP contribution in [0.3, 0.4) is 0 Å². The average molecular weight is 342 g/mol. The van der Waals surface area contributed by atoms with E-state index in [1.54, 1.807) is 43.5 Å². The van der Waals surface area contributed by atoms with Crippen LogP contribution in [0.4, 0.5) is 5.88 Å². The van der Waals surface area contributed by atoms with Gasteiger partial charge in [-0.2, -0.15) is 0 Å². The zero-order valence-corrected chi connectivity index (χ0v) is 13.5. The van der Waals surface area contributed by atoms with Crippen molar-refractivity contribution >= 4 is 34.4 Å². The number of carbonyl (C=O) groups excluding carboxylic acids is 1. The summed E-state index contributed by atoms with van der Waals surface area (Å²) < 4.78 is 10.9. The van der Waals surface area contributed by atoms with Crippen LogP contribution in [0.15, 0.2) is 51.7 Å². The van der Waals surface area contributed by atoms with Crippen molar-refractivity contribution in [3.63, 3.8) is 0 Å². The molecule has 0 radical (unpaired) electrons. The molecular weight excluding hydrogens is 330 g/mol. The van der Waals surface area contributed by atoms with Crippen LogP contribution in [-0.2, 0) is 6.54 Å². The molecule has 0 N–H and O–H groups in total. The van der Waals surface area contributed by atoms with Gasteiger partial charge in [0, 0.05) is 11.6 Å². The molecule has 120 valence electrons. The summed E-state index contributed by atoms with van der Waals surface area (Å²) in [4.78, 5) is 26.4. The number of fused-ring (bicyclic) bond motifs is 2. The van der Waals surface area contributed by atoms with E-state index in [9.17, 15) is 9.59 Å². The molecule has 0 fully saturated rings. The van der Waals surface area contributed by atoms with Gasteiger partial charge in [-0.3, -0.25) is 14.5 Å². The monoisotopic (exact) mass is 341 g/mol. The minimum absolute atomic E-state index is 0.181. The first-order chi connectivity index (χ1) is 11.6. The summed E-state index contributed by atoms with van der Waals surface area (Å²) in [7, 11) is 1.57. The number of rotatable bonds is 2. The zero-order valence-electron chi connectivity index (χ0n) is 12.7. The topological polar surface area (TPSA) is 59.8 Å². The molecular formula is C18H12ClNO4. The van der Waals surface area contributed by atoms with E-state index >= 15 is 0 Å². The molecule has 3 aromatic rings. The van der Waals surface area contributed by atoms with Crippen molar-refractivity contribution in [2.45, 2.75) is 6.54 Å². The largest absolute Gasteiger partial charge is 0.497 e. The number of amides is 1. The highest BCUT2D eigenvalue weighted by Gasteiger charge is 2.31. The Morgan fingerprint density at radius 1 is 1.17 bits per heavy atom. The van der Waals surface area contributed by atoms with Crippen molar-refractivity contribution in [1.82, 2.24) is 0 Å². The van der Waals surface area contributed by atoms with Gasteiger partial charge in [0.05, 0.1) is 24.1 Å². The lowest BCUT2D eigenvalue weighted by molar-refractivity contribution is 0.0992. The highest BCUT2D eigenvalue weighted by molar-refractivity contribution is 6.34. The Bertz CT molecular complexity index is 1040. The van der Waals surface area contributed by atoms with Crippen molar-refractivity contribution < 1.29 is 13.9 Å². The number of benzene rings is 2. The number of halogens is 1. The van der Waals surface area contributed by atoms with Gasteiger partial charge >= 0.3 is 0 Å². The van der Waals surface area contributed by atoms with E-state index in [-0.39, 0.29) is 22.8 Å². The van der Waals surface area contributed by atoms with Gasteiger partial charge < -0.3 is 9.15 Å². The summed E-state index contributed by atoms with van der Waals surface area (Å²) in [6.07, 6.45) is 0. The predicted octanol–water partition coefficient (Wildman–Crippen LogP) is 3.62.